The molecule has 2 aliphatic heterocycles. The third kappa shape index (κ3) is 3.89. The Morgan fingerprint density at radius 1 is 0.963 bits per heavy atom. The van der Waals surface area contributed by atoms with E-state index in [1.807, 2.05) is 11.8 Å². The molecule has 5 atom stereocenters. The molecule has 27 heavy (non-hydrogen) atoms. The predicted octanol–water partition coefficient (Wildman–Crippen LogP) is 2.99. The molecule has 6 heteroatoms. The van der Waals surface area contributed by atoms with Gasteiger partial charge in [0.25, 0.3) is 0 Å². The van der Waals surface area contributed by atoms with Gasteiger partial charge in [-0.1, -0.05) is 32.1 Å². The van der Waals surface area contributed by atoms with Crippen LogP contribution < -0.4 is 5.32 Å². The molecule has 5 nitrogen and oxygen atoms in total. The number of amides is 2. The van der Waals surface area contributed by atoms with Crippen molar-refractivity contribution in [2.24, 2.45) is 5.92 Å². The minimum atomic E-state index is 0.0515. The molecule has 2 amide bonds. The summed E-state index contributed by atoms with van der Waals surface area (Å²) in [7, 11) is 0. The zero-order valence-electron chi connectivity index (χ0n) is 16.9. The van der Waals surface area contributed by atoms with Gasteiger partial charge in [-0.2, -0.15) is 0 Å². The summed E-state index contributed by atoms with van der Waals surface area (Å²) in [6.45, 7) is 5.30. The van der Waals surface area contributed by atoms with Crippen LogP contribution in [0.25, 0.3) is 0 Å². The van der Waals surface area contributed by atoms with E-state index in [-0.39, 0.29) is 29.3 Å². The molecule has 4 fully saturated rings. The van der Waals surface area contributed by atoms with Crippen molar-refractivity contribution >= 4 is 23.6 Å². The SMILES string of the molecule is CC(=O)N1C2CCCCC2N(C(=O)C2CNC(C3CCCCC3)S2)C[C@@H]1C. The van der Waals surface area contributed by atoms with E-state index in [2.05, 4.69) is 22.0 Å². The first kappa shape index (κ1) is 19.6. The fourth-order valence-corrected chi connectivity index (χ4v) is 7.44. The number of rotatable bonds is 2. The van der Waals surface area contributed by atoms with Gasteiger partial charge in [-0.25, -0.2) is 0 Å². The first-order valence-corrected chi connectivity index (χ1v) is 12.0. The highest BCUT2D eigenvalue weighted by Gasteiger charge is 2.46. The summed E-state index contributed by atoms with van der Waals surface area (Å²) in [5.41, 5.74) is 0. The molecule has 4 aliphatic rings. The number of nitrogens with zero attached hydrogens (tertiary/aromatic N) is 2. The second-order valence-electron chi connectivity index (χ2n) is 9.04. The summed E-state index contributed by atoms with van der Waals surface area (Å²) in [4.78, 5) is 29.9. The van der Waals surface area contributed by atoms with E-state index < -0.39 is 0 Å². The molecular weight excluding hydrogens is 358 g/mol. The van der Waals surface area contributed by atoms with Crippen molar-refractivity contribution in [3.63, 3.8) is 0 Å². The van der Waals surface area contributed by atoms with E-state index in [1.54, 1.807) is 6.92 Å². The normalized spacial score (nSPS) is 37.9. The van der Waals surface area contributed by atoms with Crippen molar-refractivity contribution in [1.82, 2.24) is 15.1 Å². The van der Waals surface area contributed by atoms with Gasteiger partial charge in [0.05, 0.1) is 22.7 Å². The number of hydrogen-bond acceptors (Lipinski definition) is 4. The maximum atomic E-state index is 13.5. The number of fused-ring (bicyclic) bond motifs is 1. The summed E-state index contributed by atoms with van der Waals surface area (Å²) in [6, 6.07) is 0.567. The largest absolute Gasteiger partial charge is 0.335 e. The second-order valence-corrected chi connectivity index (χ2v) is 10.4. The van der Waals surface area contributed by atoms with Crippen LogP contribution in [0.5, 0.6) is 0 Å². The van der Waals surface area contributed by atoms with Gasteiger partial charge < -0.3 is 15.1 Å². The van der Waals surface area contributed by atoms with Gasteiger partial charge in [0.1, 0.15) is 0 Å². The quantitative estimate of drug-likeness (QED) is 0.784. The van der Waals surface area contributed by atoms with E-state index in [0.717, 1.165) is 25.3 Å². The van der Waals surface area contributed by atoms with Crippen LogP contribution in [0.3, 0.4) is 0 Å². The molecule has 0 aromatic rings. The lowest BCUT2D eigenvalue weighted by atomic mass is 9.84. The molecule has 1 N–H and O–H groups in total. The Hall–Kier alpha value is -0.750. The zero-order valence-corrected chi connectivity index (χ0v) is 17.7. The molecule has 2 saturated carbocycles. The van der Waals surface area contributed by atoms with Crippen LogP contribution in [0.4, 0.5) is 0 Å². The summed E-state index contributed by atoms with van der Waals surface area (Å²) >= 11 is 1.88. The number of hydrogen-bond donors (Lipinski definition) is 1. The fourth-order valence-electron chi connectivity index (χ4n) is 5.95. The standard InChI is InChI=1S/C21H35N3O2S/c1-14-13-23(17-10-6-7-11-18(17)24(14)15(2)25)21(26)19-12-22-20(27-19)16-8-4-3-5-9-16/h14,16-20,22H,3-13H2,1-2H3/t14-,17?,18?,19?,20?/m0/s1. The van der Waals surface area contributed by atoms with Crippen molar-refractivity contribution < 1.29 is 9.59 Å². The number of carbonyl (C=O) groups excluding carboxylic acids is 2. The Morgan fingerprint density at radius 2 is 1.63 bits per heavy atom. The molecule has 2 heterocycles. The van der Waals surface area contributed by atoms with Crippen molar-refractivity contribution in [2.75, 3.05) is 13.1 Å². The van der Waals surface area contributed by atoms with Gasteiger partial charge in [-0.15, -0.1) is 11.8 Å². The smallest absolute Gasteiger partial charge is 0.237 e. The minimum Gasteiger partial charge on any atom is -0.335 e. The van der Waals surface area contributed by atoms with Gasteiger partial charge in [0, 0.05) is 26.1 Å². The highest BCUT2D eigenvalue weighted by Crippen LogP contribution is 2.39. The first-order valence-electron chi connectivity index (χ1n) is 11.0. The average Bonchev–Trinajstić information content (AvgIpc) is 3.17. The molecule has 0 aromatic carbocycles. The van der Waals surface area contributed by atoms with Crippen LogP contribution >= 0.6 is 11.8 Å². The molecule has 0 aromatic heterocycles. The van der Waals surface area contributed by atoms with Gasteiger partial charge in [0.2, 0.25) is 11.8 Å². The molecular formula is C21H35N3O2S. The summed E-state index contributed by atoms with van der Waals surface area (Å²) in [5, 5.41) is 4.16. The number of nitrogens with one attached hydrogen (secondary N) is 1. The highest BCUT2D eigenvalue weighted by molar-refractivity contribution is 8.01. The maximum absolute atomic E-state index is 13.5. The third-order valence-electron chi connectivity index (χ3n) is 7.20. The lowest BCUT2D eigenvalue weighted by Crippen LogP contribution is -2.67. The number of piperazine rings is 1. The molecule has 0 bridgehead atoms. The Labute approximate surface area is 168 Å². The average molecular weight is 394 g/mol. The molecule has 4 unspecified atom stereocenters. The summed E-state index contributed by atoms with van der Waals surface area (Å²) < 4.78 is 0. The summed E-state index contributed by atoms with van der Waals surface area (Å²) in [6.07, 6.45) is 11.1. The summed E-state index contributed by atoms with van der Waals surface area (Å²) in [5.74, 6) is 1.22. The van der Waals surface area contributed by atoms with E-state index >= 15 is 0 Å². The monoisotopic (exact) mass is 393 g/mol. The van der Waals surface area contributed by atoms with E-state index in [9.17, 15) is 9.59 Å². The van der Waals surface area contributed by atoms with Gasteiger partial charge in [-0.3, -0.25) is 9.59 Å². The Kier molecular flexibility index (Phi) is 6.03. The molecule has 0 radical (unpaired) electrons. The lowest BCUT2D eigenvalue weighted by molar-refractivity contribution is -0.152. The van der Waals surface area contributed by atoms with E-state index in [1.165, 1.54) is 44.9 Å². The van der Waals surface area contributed by atoms with Gasteiger partial charge in [-0.05, 0) is 38.5 Å². The number of carbonyl (C=O) groups is 2. The molecule has 152 valence electrons. The Morgan fingerprint density at radius 3 is 2.33 bits per heavy atom. The minimum absolute atomic E-state index is 0.0515. The van der Waals surface area contributed by atoms with Gasteiger partial charge >= 0.3 is 0 Å². The van der Waals surface area contributed by atoms with Crippen LogP contribution in [0.2, 0.25) is 0 Å². The van der Waals surface area contributed by atoms with Crippen LogP contribution in [-0.2, 0) is 9.59 Å². The fraction of sp³-hybridized carbons (Fsp3) is 0.905. The van der Waals surface area contributed by atoms with Gasteiger partial charge in [0.15, 0.2) is 0 Å². The molecule has 2 saturated heterocycles. The third-order valence-corrected chi connectivity index (χ3v) is 8.74. The van der Waals surface area contributed by atoms with Crippen molar-refractivity contribution in [1.29, 1.82) is 0 Å². The number of thioether (sulfide) groups is 1. The van der Waals surface area contributed by atoms with Crippen LogP contribution in [0.1, 0.15) is 71.6 Å². The zero-order chi connectivity index (χ0) is 19.0. The van der Waals surface area contributed by atoms with E-state index in [0.29, 0.717) is 17.8 Å². The van der Waals surface area contributed by atoms with Crippen LogP contribution in [0.15, 0.2) is 0 Å². The van der Waals surface area contributed by atoms with Crippen LogP contribution in [-0.4, -0.2) is 63.5 Å². The molecule has 2 aliphatic carbocycles. The highest BCUT2D eigenvalue weighted by atomic mass is 32.2. The first-order chi connectivity index (χ1) is 13.1. The second kappa shape index (κ2) is 8.32. The lowest BCUT2D eigenvalue weighted by Gasteiger charge is -2.53. The predicted molar refractivity (Wildman–Crippen MR) is 109 cm³/mol. The van der Waals surface area contributed by atoms with Crippen molar-refractivity contribution in [3.05, 3.63) is 0 Å². The topological polar surface area (TPSA) is 52.7 Å². The molecule has 0 spiro atoms. The molecule has 4 rings (SSSR count). The van der Waals surface area contributed by atoms with Crippen molar-refractivity contribution in [2.45, 2.75) is 100 Å². The Balaban J connectivity index is 1.44. The maximum Gasteiger partial charge on any atom is 0.237 e. The van der Waals surface area contributed by atoms with Crippen molar-refractivity contribution in [3.8, 4) is 0 Å². The van der Waals surface area contributed by atoms with E-state index in [4.69, 9.17) is 0 Å². The Bertz CT molecular complexity index is 566. The van der Waals surface area contributed by atoms with Crippen LogP contribution in [0, 0.1) is 5.92 Å².